The highest BCUT2D eigenvalue weighted by atomic mass is 16.5. The second-order valence-corrected chi connectivity index (χ2v) is 2.62. The van der Waals surface area contributed by atoms with E-state index in [0.717, 1.165) is 19.1 Å². The highest BCUT2D eigenvalue weighted by Crippen LogP contribution is 2.25. The van der Waals surface area contributed by atoms with Gasteiger partial charge < -0.3 is 4.74 Å². The lowest BCUT2D eigenvalue weighted by Gasteiger charge is -2.08. The van der Waals surface area contributed by atoms with Gasteiger partial charge in [0, 0.05) is 5.92 Å². The molecule has 0 amide bonds. The molecule has 1 heteroatoms. The highest BCUT2D eigenvalue weighted by molar-refractivity contribution is 5.23. The molecule has 0 saturated carbocycles. The topological polar surface area (TPSA) is 9.23 Å². The summed E-state index contributed by atoms with van der Waals surface area (Å²) in [6.45, 7) is 1.81. The third kappa shape index (κ3) is 0.815. The monoisotopic (exact) mass is 122 g/mol. The fraction of sp³-hybridized carbons (Fsp3) is 0.500. The van der Waals surface area contributed by atoms with E-state index in [1.54, 1.807) is 0 Å². The fourth-order valence-corrected chi connectivity index (χ4v) is 1.38. The van der Waals surface area contributed by atoms with Crippen LogP contribution in [-0.2, 0) is 4.74 Å². The van der Waals surface area contributed by atoms with E-state index >= 15 is 0 Å². The van der Waals surface area contributed by atoms with E-state index in [1.807, 2.05) is 0 Å². The molecule has 0 spiro atoms. The zero-order valence-corrected chi connectivity index (χ0v) is 5.34. The van der Waals surface area contributed by atoms with E-state index in [2.05, 4.69) is 18.2 Å². The van der Waals surface area contributed by atoms with Crippen molar-refractivity contribution in [2.24, 2.45) is 5.92 Å². The van der Waals surface area contributed by atoms with E-state index < -0.39 is 0 Å². The van der Waals surface area contributed by atoms with E-state index in [-0.39, 0.29) is 0 Å². The van der Waals surface area contributed by atoms with Crippen LogP contribution in [0.3, 0.4) is 0 Å². The maximum atomic E-state index is 5.28. The molecule has 2 rings (SSSR count). The van der Waals surface area contributed by atoms with Crippen LogP contribution in [0.4, 0.5) is 0 Å². The van der Waals surface area contributed by atoms with Crippen LogP contribution in [0.25, 0.3) is 0 Å². The molecule has 1 unspecified atom stereocenters. The summed E-state index contributed by atoms with van der Waals surface area (Å²) in [4.78, 5) is 0. The van der Waals surface area contributed by atoms with Gasteiger partial charge in [-0.1, -0.05) is 18.2 Å². The van der Waals surface area contributed by atoms with E-state index in [9.17, 15) is 0 Å². The van der Waals surface area contributed by atoms with Crippen molar-refractivity contribution in [2.45, 2.75) is 6.42 Å². The Labute approximate surface area is 55.0 Å². The number of hydrogen-bond acceptors (Lipinski definition) is 1. The Bertz CT molecular complexity index is 167. The molecule has 1 nitrogen and oxygen atoms in total. The van der Waals surface area contributed by atoms with Crippen LogP contribution < -0.4 is 0 Å². The van der Waals surface area contributed by atoms with Crippen LogP contribution in [-0.4, -0.2) is 13.2 Å². The van der Waals surface area contributed by atoms with Crippen molar-refractivity contribution in [3.8, 4) is 0 Å². The normalized spacial score (nSPS) is 32.0. The van der Waals surface area contributed by atoms with Gasteiger partial charge in [-0.25, -0.2) is 0 Å². The third-order valence-corrected chi connectivity index (χ3v) is 1.98. The Morgan fingerprint density at radius 3 is 3.44 bits per heavy atom. The summed E-state index contributed by atoms with van der Waals surface area (Å²) in [6.07, 6.45) is 7.70. The first kappa shape index (κ1) is 5.24. The molecular formula is C8H10O. The first-order valence-corrected chi connectivity index (χ1v) is 3.40. The Kier molecular flexibility index (Phi) is 1.16. The Hall–Kier alpha value is -0.560. The van der Waals surface area contributed by atoms with Crippen molar-refractivity contribution in [3.05, 3.63) is 23.8 Å². The number of hydrogen-bond donors (Lipinski definition) is 0. The zero-order chi connectivity index (χ0) is 6.10. The van der Waals surface area contributed by atoms with Crippen LogP contribution in [0.5, 0.6) is 0 Å². The quantitative estimate of drug-likeness (QED) is 0.473. The summed E-state index contributed by atoms with van der Waals surface area (Å²) in [5.41, 5.74) is 1.48. The molecule has 1 atom stereocenters. The van der Waals surface area contributed by atoms with Gasteiger partial charge in [0.15, 0.2) is 0 Å². The maximum Gasteiger partial charge on any atom is 0.0683 e. The molecular weight excluding hydrogens is 112 g/mol. The second-order valence-electron chi connectivity index (χ2n) is 2.62. The van der Waals surface area contributed by atoms with Crippen LogP contribution in [0.1, 0.15) is 6.42 Å². The zero-order valence-electron chi connectivity index (χ0n) is 5.34. The summed E-state index contributed by atoms with van der Waals surface area (Å²) < 4.78 is 5.28. The lowest BCUT2D eigenvalue weighted by molar-refractivity contribution is 0.189. The number of ether oxygens (including phenoxy) is 1. The third-order valence-electron chi connectivity index (χ3n) is 1.98. The average Bonchev–Trinajstić information content (AvgIpc) is 2.33. The van der Waals surface area contributed by atoms with Crippen molar-refractivity contribution in [3.63, 3.8) is 0 Å². The van der Waals surface area contributed by atoms with Gasteiger partial charge >= 0.3 is 0 Å². The van der Waals surface area contributed by atoms with Crippen LogP contribution in [0, 0.1) is 5.92 Å². The van der Waals surface area contributed by atoms with E-state index in [0.29, 0.717) is 0 Å². The summed E-state index contributed by atoms with van der Waals surface area (Å²) in [7, 11) is 0. The Morgan fingerprint density at radius 1 is 1.56 bits per heavy atom. The van der Waals surface area contributed by atoms with Crippen LogP contribution in [0.15, 0.2) is 23.8 Å². The minimum absolute atomic E-state index is 0.718. The summed E-state index contributed by atoms with van der Waals surface area (Å²) in [6, 6.07) is 0. The van der Waals surface area contributed by atoms with Crippen molar-refractivity contribution < 1.29 is 4.74 Å². The minimum Gasteiger partial charge on any atom is -0.376 e. The highest BCUT2D eigenvalue weighted by Gasteiger charge is 2.20. The summed E-state index contributed by atoms with van der Waals surface area (Å²) in [5.74, 6) is 0.718. The molecule has 1 heterocycles. The van der Waals surface area contributed by atoms with E-state index in [1.165, 1.54) is 12.0 Å². The lowest BCUT2D eigenvalue weighted by atomic mass is 9.95. The molecule has 0 aromatic carbocycles. The molecule has 1 aliphatic carbocycles. The van der Waals surface area contributed by atoms with Gasteiger partial charge in [-0.3, -0.25) is 0 Å². The van der Waals surface area contributed by atoms with Gasteiger partial charge in [0.2, 0.25) is 0 Å². The molecule has 2 aliphatic rings. The molecule has 9 heavy (non-hydrogen) atoms. The Balaban J connectivity index is 2.23. The van der Waals surface area contributed by atoms with Crippen molar-refractivity contribution in [1.82, 2.24) is 0 Å². The molecule has 0 bridgehead atoms. The molecule has 0 radical (unpaired) electrons. The molecule has 0 aromatic heterocycles. The van der Waals surface area contributed by atoms with Gasteiger partial charge in [-0.05, 0) is 12.0 Å². The first-order chi connectivity index (χ1) is 4.47. The predicted molar refractivity (Wildman–Crippen MR) is 36.1 cm³/mol. The fourth-order valence-electron chi connectivity index (χ4n) is 1.38. The molecule has 1 aliphatic heterocycles. The SMILES string of the molecule is C1=CCC2COCC2=C1. The molecule has 48 valence electrons. The van der Waals surface area contributed by atoms with E-state index in [4.69, 9.17) is 4.74 Å². The molecule has 0 aromatic rings. The second kappa shape index (κ2) is 1.99. The van der Waals surface area contributed by atoms with Gasteiger partial charge in [0.05, 0.1) is 13.2 Å². The average molecular weight is 122 g/mol. The summed E-state index contributed by atoms with van der Waals surface area (Å²) in [5, 5.41) is 0. The van der Waals surface area contributed by atoms with Gasteiger partial charge in [0.25, 0.3) is 0 Å². The van der Waals surface area contributed by atoms with Crippen molar-refractivity contribution >= 4 is 0 Å². The largest absolute Gasteiger partial charge is 0.376 e. The number of allylic oxidation sites excluding steroid dienone is 3. The lowest BCUT2D eigenvalue weighted by Crippen LogP contribution is -2.02. The van der Waals surface area contributed by atoms with Gasteiger partial charge in [-0.15, -0.1) is 0 Å². The van der Waals surface area contributed by atoms with Gasteiger partial charge in [0.1, 0.15) is 0 Å². The van der Waals surface area contributed by atoms with Gasteiger partial charge in [-0.2, -0.15) is 0 Å². The smallest absolute Gasteiger partial charge is 0.0683 e. The summed E-state index contributed by atoms with van der Waals surface area (Å²) >= 11 is 0. The number of rotatable bonds is 0. The van der Waals surface area contributed by atoms with Crippen molar-refractivity contribution in [2.75, 3.05) is 13.2 Å². The van der Waals surface area contributed by atoms with Crippen LogP contribution >= 0.6 is 0 Å². The molecule has 0 N–H and O–H groups in total. The molecule has 1 saturated heterocycles. The van der Waals surface area contributed by atoms with Crippen molar-refractivity contribution in [1.29, 1.82) is 0 Å². The van der Waals surface area contributed by atoms with Crippen LogP contribution in [0.2, 0.25) is 0 Å². The number of fused-ring (bicyclic) bond motifs is 1. The molecule has 1 fully saturated rings. The Morgan fingerprint density at radius 2 is 2.56 bits per heavy atom. The minimum atomic E-state index is 0.718. The maximum absolute atomic E-state index is 5.28. The first-order valence-electron chi connectivity index (χ1n) is 3.40. The standard InChI is InChI=1S/C8H10O/c1-2-4-8-6-9-5-7(8)3-1/h1-3,8H,4-6H2. The predicted octanol–water partition coefficient (Wildman–Crippen LogP) is 1.52.